The van der Waals surface area contributed by atoms with Crippen molar-refractivity contribution in [1.29, 1.82) is 0 Å². The van der Waals surface area contributed by atoms with Gasteiger partial charge in [-0.3, -0.25) is 9.59 Å². The van der Waals surface area contributed by atoms with Crippen LogP contribution in [0.4, 0.5) is 5.13 Å². The minimum atomic E-state index is -0.311. The minimum absolute atomic E-state index is 0.311. The van der Waals surface area contributed by atoms with Crippen molar-refractivity contribution in [2.24, 2.45) is 0 Å². The zero-order valence-electron chi connectivity index (χ0n) is 11.4. The molecule has 0 unspecified atom stereocenters. The summed E-state index contributed by atoms with van der Waals surface area (Å²) in [5.41, 5.74) is 1.88. The van der Waals surface area contributed by atoms with E-state index in [-0.39, 0.29) is 11.8 Å². The zero-order valence-corrected chi connectivity index (χ0v) is 12.2. The Morgan fingerprint density at radius 3 is 2.05 bits per heavy atom. The largest absolute Gasteiger partial charge is 0.268 e. The van der Waals surface area contributed by atoms with Gasteiger partial charge in [0.15, 0.2) is 5.13 Å². The first-order valence-electron chi connectivity index (χ1n) is 6.75. The molecule has 0 radical (unpaired) electrons. The van der Waals surface area contributed by atoms with Crippen LogP contribution in [0, 0.1) is 0 Å². The fourth-order valence-corrected chi connectivity index (χ4v) is 3.39. The number of anilines is 1. The lowest BCUT2D eigenvalue weighted by Gasteiger charge is -2.08. The monoisotopic (exact) mass is 306 g/mol. The van der Waals surface area contributed by atoms with Gasteiger partial charge < -0.3 is 0 Å². The highest BCUT2D eigenvalue weighted by Gasteiger charge is 2.37. The number of hydrogen-bond donors (Lipinski definition) is 0. The molecule has 0 saturated heterocycles. The van der Waals surface area contributed by atoms with Gasteiger partial charge in [-0.15, -0.1) is 0 Å². The highest BCUT2D eigenvalue weighted by molar-refractivity contribution is 7.19. The summed E-state index contributed by atoms with van der Waals surface area (Å²) in [6.07, 6.45) is 1.69. The highest BCUT2D eigenvalue weighted by Crippen LogP contribution is 2.35. The maximum Gasteiger partial charge on any atom is 0.268 e. The van der Waals surface area contributed by atoms with Gasteiger partial charge in [0.05, 0.1) is 16.0 Å². The molecule has 3 aromatic rings. The van der Waals surface area contributed by atoms with E-state index in [0.29, 0.717) is 16.3 Å². The second kappa shape index (κ2) is 4.89. The number of benzene rings is 2. The number of carbonyl (C=O) groups excluding carboxylic acids is 2. The Balaban J connectivity index is 1.74. The summed E-state index contributed by atoms with van der Waals surface area (Å²) in [5.74, 6) is -0.621. The molecule has 2 aromatic carbocycles. The van der Waals surface area contributed by atoms with E-state index in [0.717, 1.165) is 15.3 Å². The van der Waals surface area contributed by atoms with E-state index in [9.17, 15) is 9.59 Å². The summed E-state index contributed by atoms with van der Waals surface area (Å²) in [5, 5.41) is 0.407. The van der Waals surface area contributed by atoms with Crippen LogP contribution >= 0.6 is 11.3 Å². The number of carbonyl (C=O) groups is 2. The molecule has 22 heavy (non-hydrogen) atoms. The van der Waals surface area contributed by atoms with Crippen molar-refractivity contribution < 1.29 is 9.59 Å². The minimum Gasteiger partial charge on any atom is -0.268 e. The third kappa shape index (κ3) is 1.87. The summed E-state index contributed by atoms with van der Waals surface area (Å²) in [6, 6.07) is 16.6. The molecule has 106 valence electrons. The fourth-order valence-electron chi connectivity index (χ4n) is 2.47. The van der Waals surface area contributed by atoms with Gasteiger partial charge in [0.25, 0.3) is 11.8 Å². The van der Waals surface area contributed by atoms with E-state index in [1.54, 1.807) is 30.5 Å². The normalized spacial score (nSPS) is 13.5. The molecule has 0 N–H and O–H groups in total. The Morgan fingerprint density at radius 2 is 1.41 bits per heavy atom. The van der Waals surface area contributed by atoms with Crippen molar-refractivity contribution in [2.75, 3.05) is 4.90 Å². The number of aromatic nitrogens is 1. The summed E-state index contributed by atoms with van der Waals surface area (Å²) in [6.45, 7) is 0. The standard InChI is InChI=1S/C17H10N2O2S/c20-15-12-8-4-5-9-13(12)16(21)19(15)17-18-10-14(22-17)11-6-2-1-3-7-11/h1-10H. The van der Waals surface area contributed by atoms with Gasteiger partial charge >= 0.3 is 0 Å². The molecule has 0 saturated carbocycles. The number of nitrogens with zero attached hydrogens (tertiary/aromatic N) is 2. The third-order valence-electron chi connectivity index (χ3n) is 3.54. The van der Waals surface area contributed by atoms with E-state index >= 15 is 0 Å². The smallest absolute Gasteiger partial charge is 0.268 e. The first-order valence-corrected chi connectivity index (χ1v) is 7.56. The van der Waals surface area contributed by atoms with E-state index < -0.39 is 0 Å². The Morgan fingerprint density at radius 1 is 0.818 bits per heavy atom. The molecule has 1 aliphatic heterocycles. The maximum atomic E-state index is 12.4. The topological polar surface area (TPSA) is 50.3 Å². The molecule has 0 spiro atoms. The van der Waals surface area contributed by atoms with E-state index in [1.165, 1.54) is 11.3 Å². The number of fused-ring (bicyclic) bond motifs is 1. The predicted octanol–water partition coefficient (Wildman–Crippen LogP) is 3.61. The lowest BCUT2D eigenvalue weighted by molar-refractivity contribution is 0.0926. The molecule has 2 heterocycles. The Labute approximate surface area is 130 Å². The van der Waals surface area contributed by atoms with Crippen LogP contribution in [-0.4, -0.2) is 16.8 Å². The fraction of sp³-hybridized carbons (Fsp3) is 0. The van der Waals surface area contributed by atoms with Crippen molar-refractivity contribution in [3.05, 3.63) is 71.9 Å². The molecule has 0 fully saturated rings. The van der Waals surface area contributed by atoms with Gasteiger partial charge in [-0.1, -0.05) is 53.8 Å². The van der Waals surface area contributed by atoms with Crippen molar-refractivity contribution in [3.63, 3.8) is 0 Å². The van der Waals surface area contributed by atoms with Gasteiger partial charge in [-0.25, -0.2) is 9.88 Å². The molecule has 2 amide bonds. The highest BCUT2D eigenvalue weighted by atomic mass is 32.1. The number of thiazole rings is 1. The van der Waals surface area contributed by atoms with Crippen LogP contribution in [0.5, 0.6) is 0 Å². The molecule has 1 aliphatic rings. The summed E-state index contributed by atoms with van der Waals surface area (Å²) >= 11 is 1.33. The van der Waals surface area contributed by atoms with Crippen molar-refractivity contribution >= 4 is 28.3 Å². The molecule has 0 aliphatic carbocycles. The molecule has 4 rings (SSSR count). The van der Waals surface area contributed by atoms with Gasteiger partial charge in [-0.05, 0) is 17.7 Å². The van der Waals surface area contributed by atoms with E-state index in [4.69, 9.17) is 0 Å². The molecule has 0 atom stereocenters. The molecule has 4 nitrogen and oxygen atoms in total. The molecular weight excluding hydrogens is 296 g/mol. The Kier molecular flexibility index (Phi) is 2.87. The predicted molar refractivity (Wildman–Crippen MR) is 85.1 cm³/mol. The summed E-state index contributed by atoms with van der Waals surface area (Å²) < 4.78 is 0. The van der Waals surface area contributed by atoms with E-state index in [2.05, 4.69) is 4.98 Å². The summed E-state index contributed by atoms with van der Waals surface area (Å²) in [7, 11) is 0. The lowest BCUT2D eigenvalue weighted by atomic mass is 10.1. The molecule has 0 bridgehead atoms. The lowest BCUT2D eigenvalue weighted by Crippen LogP contribution is -2.29. The number of amides is 2. The van der Waals surface area contributed by atoms with E-state index in [1.807, 2.05) is 30.3 Å². The van der Waals surface area contributed by atoms with Crippen LogP contribution in [0.3, 0.4) is 0 Å². The average Bonchev–Trinajstić information content (AvgIpc) is 3.13. The van der Waals surface area contributed by atoms with Crippen LogP contribution in [0.15, 0.2) is 60.8 Å². The van der Waals surface area contributed by atoms with Crippen molar-refractivity contribution in [1.82, 2.24) is 4.98 Å². The zero-order chi connectivity index (χ0) is 15.1. The second-order valence-corrected chi connectivity index (χ2v) is 5.87. The van der Waals surface area contributed by atoms with Crippen molar-refractivity contribution in [2.45, 2.75) is 0 Å². The maximum absolute atomic E-state index is 12.4. The van der Waals surface area contributed by atoms with Gasteiger partial charge in [0.2, 0.25) is 0 Å². The van der Waals surface area contributed by atoms with Crippen molar-refractivity contribution in [3.8, 4) is 10.4 Å². The molecular formula is C17H10N2O2S. The number of hydrogen-bond acceptors (Lipinski definition) is 4. The van der Waals surface area contributed by atoms with Crippen LogP contribution in [0.1, 0.15) is 20.7 Å². The summed E-state index contributed by atoms with van der Waals surface area (Å²) in [4.78, 5) is 31.2. The molecule has 5 heteroatoms. The van der Waals surface area contributed by atoms with Crippen LogP contribution < -0.4 is 4.90 Å². The van der Waals surface area contributed by atoms with Crippen LogP contribution in [0.2, 0.25) is 0 Å². The second-order valence-electron chi connectivity index (χ2n) is 4.86. The van der Waals surface area contributed by atoms with Gasteiger partial charge in [-0.2, -0.15) is 0 Å². The first kappa shape index (κ1) is 12.9. The molecule has 1 aromatic heterocycles. The van der Waals surface area contributed by atoms with Gasteiger partial charge in [0.1, 0.15) is 0 Å². The van der Waals surface area contributed by atoms with Crippen LogP contribution in [-0.2, 0) is 0 Å². The quantitative estimate of drug-likeness (QED) is 0.680. The van der Waals surface area contributed by atoms with Gasteiger partial charge in [0, 0.05) is 6.20 Å². The van der Waals surface area contributed by atoms with Crippen LogP contribution in [0.25, 0.3) is 10.4 Å². The average molecular weight is 306 g/mol. The Hall–Kier alpha value is -2.79. The number of imide groups is 1. The third-order valence-corrected chi connectivity index (χ3v) is 4.57. The first-order chi connectivity index (χ1) is 10.8. The number of rotatable bonds is 2. The SMILES string of the molecule is O=C1c2ccccc2C(=O)N1c1ncc(-c2ccccc2)s1. The Bertz CT molecular complexity index is 851.